The monoisotopic (exact) mass is 241 g/mol. The summed E-state index contributed by atoms with van der Waals surface area (Å²) in [5.74, 6) is -0.461. The van der Waals surface area contributed by atoms with Gasteiger partial charge in [-0.15, -0.1) is 0 Å². The molecule has 0 radical (unpaired) electrons. The number of aryl methyl sites for hydroxylation is 2. The van der Waals surface area contributed by atoms with E-state index in [1.807, 2.05) is 13.8 Å². The molecule has 2 N–H and O–H groups in total. The summed E-state index contributed by atoms with van der Waals surface area (Å²) < 4.78 is 11.6. The Kier molecular flexibility index (Phi) is 4.96. The fourth-order valence-electron chi connectivity index (χ4n) is 1.51. The molecule has 1 aromatic rings. The van der Waals surface area contributed by atoms with Gasteiger partial charge in [-0.25, -0.2) is 4.79 Å². The summed E-state index contributed by atoms with van der Waals surface area (Å²) in [6.45, 7) is 5.03. The Morgan fingerprint density at radius 3 is 2.65 bits per heavy atom. The number of nitrogens with zero attached hydrogens (tertiary/aromatic N) is 2. The number of nitrogens with two attached hydrogens (primary N) is 1. The van der Waals surface area contributed by atoms with E-state index in [0.29, 0.717) is 36.7 Å². The van der Waals surface area contributed by atoms with E-state index in [1.54, 1.807) is 7.05 Å². The van der Waals surface area contributed by atoms with Gasteiger partial charge in [0, 0.05) is 13.7 Å². The van der Waals surface area contributed by atoms with Gasteiger partial charge in [0.25, 0.3) is 0 Å². The van der Waals surface area contributed by atoms with Gasteiger partial charge in [-0.2, -0.15) is 5.10 Å². The van der Waals surface area contributed by atoms with Crippen LogP contribution in [0.4, 0.5) is 5.69 Å². The number of hydrogen-bond acceptors (Lipinski definition) is 5. The lowest BCUT2D eigenvalue weighted by atomic mass is 10.2. The zero-order valence-corrected chi connectivity index (χ0v) is 10.5. The van der Waals surface area contributed by atoms with Crippen molar-refractivity contribution in [2.45, 2.75) is 20.3 Å². The van der Waals surface area contributed by atoms with Crippen molar-refractivity contribution in [3.8, 4) is 0 Å². The first kappa shape index (κ1) is 13.5. The van der Waals surface area contributed by atoms with E-state index in [0.717, 1.165) is 0 Å². The number of anilines is 1. The number of aromatic nitrogens is 2. The van der Waals surface area contributed by atoms with Crippen LogP contribution in [0.2, 0.25) is 0 Å². The quantitative estimate of drug-likeness (QED) is 0.587. The molecule has 96 valence electrons. The van der Waals surface area contributed by atoms with Gasteiger partial charge in [-0.05, 0) is 13.3 Å². The molecule has 0 amide bonds. The molecule has 6 nitrogen and oxygen atoms in total. The molecule has 0 aliphatic rings. The van der Waals surface area contributed by atoms with Gasteiger partial charge >= 0.3 is 5.97 Å². The summed E-state index contributed by atoms with van der Waals surface area (Å²) in [6.07, 6.45) is 0.686. The third-order valence-electron chi connectivity index (χ3n) is 2.35. The minimum Gasteiger partial charge on any atom is -0.458 e. The third-order valence-corrected chi connectivity index (χ3v) is 2.35. The minimum atomic E-state index is -0.461. The number of hydrogen-bond donors (Lipinski definition) is 1. The molecule has 0 bridgehead atoms. The van der Waals surface area contributed by atoms with Crippen molar-refractivity contribution in [1.82, 2.24) is 9.78 Å². The van der Waals surface area contributed by atoms with Gasteiger partial charge in [0.1, 0.15) is 6.61 Å². The Bertz CT molecular complexity index is 388. The molecule has 0 unspecified atom stereocenters. The highest BCUT2D eigenvalue weighted by Crippen LogP contribution is 2.17. The third kappa shape index (κ3) is 3.20. The lowest BCUT2D eigenvalue weighted by molar-refractivity contribution is 0.0325. The molecule has 0 spiro atoms. The lowest BCUT2D eigenvalue weighted by Gasteiger charge is -2.05. The van der Waals surface area contributed by atoms with Gasteiger partial charge < -0.3 is 15.2 Å². The molecule has 1 rings (SSSR count). The largest absolute Gasteiger partial charge is 0.458 e. The second-order valence-electron chi connectivity index (χ2n) is 3.52. The van der Waals surface area contributed by atoms with Crippen molar-refractivity contribution in [3.05, 3.63) is 11.4 Å². The molecular weight excluding hydrogens is 222 g/mol. The van der Waals surface area contributed by atoms with Crippen LogP contribution < -0.4 is 5.73 Å². The molecule has 0 aliphatic carbocycles. The van der Waals surface area contributed by atoms with E-state index < -0.39 is 5.97 Å². The van der Waals surface area contributed by atoms with E-state index in [-0.39, 0.29) is 6.61 Å². The van der Waals surface area contributed by atoms with Gasteiger partial charge in [-0.3, -0.25) is 4.68 Å². The maximum absolute atomic E-state index is 11.8. The number of carbonyl (C=O) groups is 1. The van der Waals surface area contributed by atoms with Crippen molar-refractivity contribution >= 4 is 11.7 Å². The van der Waals surface area contributed by atoms with Crippen LogP contribution in [-0.4, -0.2) is 35.6 Å². The standard InChI is InChI=1S/C11H19N3O3/c1-4-8-9(12)10(14(3)13-8)11(15)17-7-6-16-5-2/h4-7,12H2,1-3H3. The second kappa shape index (κ2) is 6.24. The molecule has 0 fully saturated rings. The zero-order valence-electron chi connectivity index (χ0n) is 10.5. The maximum atomic E-state index is 11.8. The van der Waals surface area contributed by atoms with Crippen LogP contribution in [0.1, 0.15) is 30.0 Å². The smallest absolute Gasteiger partial charge is 0.358 e. The Morgan fingerprint density at radius 1 is 1.41 bits per heavy atom. The van der Waals surface area contributed by atoms with Gasteiger partial charge in [0.05, 0.1) is 18.0 Å². The number of carbonyl (C=O) groups excluding carboxylic acids is 1. The topological polar surface area (TPSA) is 79.4 Å². The van der Waals surface area contributed by atoms with Crippen LogP contribution in [0.5, 0.6) is 0 Å². The van der Waals surface area contributed by atoms with Crippen molar-refractivity contribution in [2.24, 2.45) is 7.05 Å². The Hall–Kier alpha value is -1.56. The van der Waals surface area contributed by atoms with Crippen LogP contribution in [0.25, 0.3) is 0 Å². The first-order valence-corrected chi connectivity index (χ1v) is 5.68. The highest BCUT2D eigenvalue weighted by molar-refractivity contribution is 5.93. The molecule has 17 heavy (non-hydrogen) atoms. The summed E-state index contributed by atoms with van der Waals surface area (Å²) in [7, 11) is 1.68. The number of rotatable bonds is 6. The summed E-state index contributed by atoms with van der Waals surface area (Å²) in [6, 6.07) is 0. The number of esters is 1. The van der Waals surface area contributed by atoms with Crippen LogP contribution in [0.15, 0.2) is 0 Å². The summed E-state index contributed by atoms with van der Waals surface area (Å²) in [4.78, 5) is 11.8. The predicted molar refractivity (Wildman–Crippen MR) is 63.8 cm³/mol. The predicted octanol–water partition coefficient (Wildman–Crippen LogP) is 0.758. The van der Waals surface area contributed by atoms with Crippen LogP contribution in [0, 0.1) is 0 Å². The second-order valence-corrected chi connectivity index (χ2v) is 3.52. The molecule has 1 aromatic heterocycles. The Labute approximate surface area is 101 Å². The molecule has 1 heterocycles. The van der Waals surface area contributed by atoms with Crippen molar-refractivity contribution < 1.29 is 14.3 Å². The van der Waals surface area contributed by atoms with Crippen LogP contribution >= 0.6 is 0 Å². The molecule has 0 saturated carbocycles. The van der Waals surface area contributed by atoms with E-state index in [2.05, 4.69) is 5.10 Å². The van der Waals surface area contributed by atoms with Crippen molar-refractivity contribution in [3.63, 3.8) is 0 Å². The first-order chi connectivity index (χ1) is 8.11. The van der Waals surface area contributed by atoms with E-state index in [4.69, 9.17) is 15.2 Å². The van der Waals surface area contributed by atoms with Gasteiger partial charge in [-0.1, -0.05) is 6.92 Å². The minimum absolute atomic E-state index is 0.221. The maximum Gasteiger partial charge on any atom is 0.358 e. The summed E-state index contributed by atoms with van der Waals surface area (Å²) in [5.41, 5.74) is 7.25. The Morgan fingerprint density at radius 2 is 2.12 bits per heavy atom. The number of ether oxygens (including phenoxy) is 2. The molecule has 0 saturated heterocycles. The number of nitrogen functional groups attached to an aromatic ring is 1. The normalized spacial score (nSPS) is 10.5. The van der Waals surface area contributed by atoms with Crippen molar-refractivity contribution in [1.29, 1.82) is 0 Å². The first-order valence-electron chi connectivity index (χ1n) is 5.68. The van der Waals surface area contributed by atoms with E-state index in [9.17, 15) is 4.79 Å². The molecule has 0 atom stereocenters. The molecule has 0 aromatic carbocycles. The molecule has 6 heteroatoms. The van der Waals surface area contributed by atoms with Crippen LogP contribution in [0.3, 0.4) is 0 Å². The van der Waals surface area contributed by atoms with E-state index in [1.165, 1.54) is 4.68 Å². The average Bonchev–Trinajstić information content (AvgIpc) is 2.59. The van der Waals surface area contributed by atoms with Crippen LogP contribution in [-0.2, 0) is 22.9 Å². The lowest BCUT2D eigenvalue weighted by Crippen LogP contribution is -2.15. The SMILES string of the molecule is CCOCCOC(=O)c1c(N)c(CC)nn1C. The van der Waals surface area contributed by atoms with E-state index >= 15 is 0 Å². The highest BCUT2D eigenvalue weighted by Gasteiger charge is 2.20. The van der Waals surface area contributed by atoms with Gasteiger partial charge in [0.2, 0.25) is 0 Å². The Balaban J connectivity index is 2.65. The molecular formula is C11H19N3O3. The summed E-state index contributed by atoms with van der Waals surface area (Å²) >= 11 is 0. The van der Waals surface area contributed by atoms with Gasteiger partial charge in [0.15, 0.2) is 5.69 Å². The average molecular weight is 241 g/mol. The summed E-state index contributed by atoms with van der Waals surface area (Å²) in [5, 5.41) is 4.15. The highest BCUT2D eigenvalue weighted by atomic mass is 16.6. The fraction of sp³-hybridized carbons (Fsp3) is 0.636. The molecule has 0 aliphatic heterocycles. The van der Waals surface area contributed by atoms with Crippen molar-refractivity contribution in [2.75, 3.05) is 25.6 Å². The zero-order chi connectivity index (χ0) is 12.8. The fourth-order valence-corrected chi connectivity index (χ4v) is 1.51.